The Morgan fingerprint density at radius 1 is 0.500 bits per heavy atom. The number of allylic oxidation sites excluding steroid dienone is 3. The van der Waals surface area contributed by atoms with E-state index in [0.29, 0.717) is 0 Å². The summed E-state index contributed by atoms with van der Waals surface area (Å²) in [6.07, 6.45) is 9.29. The fraction of sp³-hybridized carbons (Fsp3) is 0.0213. The number of anilines is 3. The van der Waals surface area contributed by atoms with Crippen molar-refractivity contribution in [3.63, 3.8) is 0 Å². The van der Waals surface area contributed by atoms with Crippen molar-refractivity contribution in [1.82, 2.24) is 4.57 Å². The van der Waals surface area contributed by atoms with E-state index >= 15 is 0 Å². The van der Waals surface area contributed by atoms with Crippen LogP contribution < -0.4 is 4.90 Å². The quantitative estimate of drug-likeness (QED) is 0.187. The second-order valence-corrected chi connectivity index (χ2v) is 12.8. The number of benzene rings is 7. The second kappa shape index (κ2) is 11.5. The Balaban J connectivity index is 1.13. The van der Waals surface area contributed by atoms with Crippen LogP contribution in [-0.2, 0) is 6.42 Å². The molecular weight excluding hydrogens is 609 g/mol. The molecule has 236 valence electrons. The highest BCUT2D eigenvalue weighted by Gasteiger charge is 2.20. The van der Waals surface area contributed by atoms with Gasteiger partial charge in [-0.3, -0.25) is 0 Å². The maximum Gasteiger partial charge on any atom is 0.142 e. The summed E-state index contributed by atoms with van der Waals surface area (Å²) in [6.45, 7) is 0. The fourth-order valence-electron chi connectivity index (χ4n) is 7.79. The smallest absolute Gasteiger partial charge is 0.142 e. The molecule has 50 heavy (non-hydrogen) atoms. The highest BCUT2D eigenvalue weighted by atomic mass is 16.3. The lowest BCUT2D eigenvalue weighted by atomic mass is 10.0. The number of fused-ring (bicyclic) bond motifs is 7. The van der Waals surface area contributed by atoms with Gasteiger partial charge in [0.25, 0.3) is 0 Å². The van der Waals surface area contributed by atoms with Crippen LogP contribution in [0, 0.1) is 0 Å². The van der Waals surface area contributed by atoms with Crippen molar-refractivity contribution in [3.05, 3.63) is 187 Å². The van der Waals surface area contributed by atoms with E-state index in [1.54, 1.807) is 0 Å². The Bertz CT molecular complexity index is 2730. The van der Waals surface area contributed by atoms with Crippen LogP contribution in [0.3, 0.4) is 0 Å². The minimum atomic E-state index is 0.797. The van der Waals surface area contributed by atoms with E-state index in [9.17, 15) is 0 Å². The van der Waals surface area contributed by atoms with Gasteiger partial charge >= 0.3 is 0 Å². The third-order valence-corrected chi connectivity index (χ3v) is 10.0. The van der Waals surface area contributed by atoms with Crippen molar-refractivity contribution >= 4 is 66.7 Å². The van der Waals surface area contributed by atoms with Crippen molar-refractivity contribution in [2.24, 2.45) is 0 Å². The summed E-state index contributed by atoms with van der Waals surface area (Å²) in [6, 6.07) is 56.8. The van der Waals surface area contributed by atoms with Gasteiger partial charge in [-0.2, -0.15) is 0 Å². The molecule has 0 fully saturated rings. The molecule has 7 aromatic carbocycles. The van der Waals surface area contributed by atoms with Gasteiger partial charge in [-0.15, -0.1) is 0 Å². The summed E-state index contributed by atoms with van der Waals surface area (Å²) in [4.78, 5) is 2.37. The summed E-state index contributed by atoms with van der Waals surface area (Å²) >= 11 is 0. The van der Waals surface area contributed by atoms with Gasteiger partial charge in [0.15, 0.2) is 0 Å². The third-order valence-electron chi connectivity index (χ3n) is 10.0. The van der Waals surface area contributed by atoms with E-state index in [4.69, 9.17) is 4.42 Å². The van der Waals surface area contributed by atoms with E-state index in [2.05, 4.69) is 191 Å². The van der Waals surface area contributed by atoms with Crippen molar-refractivity contribution in [1.29, 1.82) is 0 Å². The molecule has 0 saturated carbocycles. The second-order valence-electron chi connectivity index (χ2n) is 12.8. The van der Waals surface area contributed by atoms with Crippen LogP contribution in [-0.4, -0.2) is 4.57 Å². The summed E-state index contributed by atoms with van der Waals surface area (Å²) in [5.74, 6) is 1.01. The Labute approximate surface area is 290 Å². The minimum Gasteiger partial charge on any atom is -0.459 e. The summed E-state index contributed by atoms with van der Waals surface area (Å²) in [5, 5.41) is 6.06. The Kier molecular flexibility index (Phi) is 6.56. The molecule has 0 atom stereocenters. The molecule has 0 N–H and O–H groups in total. The highest BCUT2D eigenvalue weighted by molar-refractivity contribution is 6.12. The molecule has 3 nitrogen and oxygen atoms in total. The zero-order valence-corrected chi connectivity index (χ0v) is 27.3. The van der Waals surface area contributed by atoms with E-state index in [-0.39, 0.29) is 0 Å². The Morgan fingerprint density at radius 2 is 1.14 bits per heavy atom. The van der Waals surface area contributed by atoms with Gasteiger partial charge < -0.3 is 13.9 Å². The van der Waals surface area contributed by atoms with Crippen molar-refractivity contribution in [2.45, 2.75) is 6.42 Å². The molecule has 0 aliphatic heterocycles. The van der Waals surface area contributed by atoms with E-state index in [1.165, 1.54) is 43.8 Å². The first kappa shape index (κ1) is 28.4. The normalized spacial score (nSPS) is 12.6. The third kappa shape index (κ3) is 4.44. The molecule has 2 heterocycles. The Morgan fingerprint density at radius 3 is 1.90 bits per heavy atom. The summed E-state index contributed by atoms with van der Waals surface area (Å²) in [7, 11) is 0. The first-order chi connectivity index (χ1) is 24.8. The topological polar surface area (TPSA) is 21.3 Å². The van der Waals surface area contributed by atoms with Gasteiger partial charge in [-0.25, -0.2) is 0 Å². The van der Waals surface area contributed by atoms with Crippen LogP contribution in [0.15, 0.2) is 180 Å². The zero-order valence-electron chi connectivity index (χ0n) is 27.3. The van der Waals surface area contributed by atoms with E-state index in [0.717, 1.165) is 51.3 Å². The van der Waals surface area contributed by atoms with Gasteiger partial charge in [0, 0.05) is 55.9 Å². The van der Waals surface area contributed by atoms with Gasteiger partial charge in [0.05, 0.1) is 22.4 Å². The monoisotopic (exact) mass is 640 g/mol. The number of nitrogens with zero attached hydrogens (tertiary/aromatic N) is 2. The molecule has 3 heteroatoms. The molecule has 9 aromatic rings. The summed E-state index contributed by atoms with van der Waals surface area (Å²) in [5.41, 5.74) is 11.2. The molecular formula is C47H32N2O. The van der Waals surface area contributed by atoms with Crippen LogP contribution in [0.1, 0.15) is 11.3 Å². The van der Waals surface area contributed by atoms with Gasteiger partial charge in [0.2, 0.25) is 0 Å². The molecule has 0 spiro atoms. The zero-order chi connectivity index (χ0) is 33.0. The summed E-state index contributed by atoms with van der Waals surface area (Å²) < 4.78 is 8.92. The first-order valence-electron chi connectivity index (χ1n) is 17.2. The number of hydrogen-bond donors (Lipinski definition) is 0. The van der Waals surface area contributed by atoms with Crippen molar-refractivity contribution < 1.29 is 4.42 Å². The van der Waals surface area contributed by atoms with Gasteiger partial charge in [-0.05, 0) is 54.1 Å². The molecule has 0 bridgehead atoms. The maximum atomic E-state index is 6.50. The SMILES string of the molecule is C1=CCc2oc3c(-c4ccc(N(c5ccccc5)c5ccc(-n6c7ccccc7c7ccccc76)c6ccccc56)cc4)cccc3c2C=C1. The number of rotatable bonds is 5. The molecule has 0 saturated heterocycles. The van der Waals surface area contributed by atoms with E-state index < -0.39 is 0 Å². The lowest BCUT2D eigenvalue weighted by Gasteiger charge is -2.28. The lowest BCUT2D eigenvalue weighted by Crippen LogP contribution is -2.11. The number of aromatic nitrogens is 1. The van der Waals surface area contributed by atoms with Gasteiger partial charge in [0.1, 0.15) is 11.3 Å². The molecule has 0 unspecified atom stereocenters. The van der Waals surface area contributed by atoms with Crippen molar-refractivity contribution in [2.75, 3.05) is 4.90 Å². The first-order valence-corrected chi connectivity index (χ1v) is 17.2. The van der Waals surface area contributed by atoms with Crippen LogP contribution in [0.25, 0.3) is 66.4 Å². The lowest BCUT2D eigenvalue weighted by molar-refractivity contribution is 0.565. The molecule has 10 rings (SSSR count). The van der Waals surface area contributed by atoms with Crippen LogP contribution in [0.2, 0.25) is 0 Å². The van der Waals surface area contributed by atoms with Crippen LogP contribution in [0.5, 0.6) is 0 Å². The van der Waals surface area contributed by atoms with Crippen LogP contribution in [0.4, 0.5) is 17.1 Å². The average Bonchev–Trinajstić information content (AvgIpc) is 3.60. The molecule has 1 aliphatic rings. The molecule has 1 aliphatic carbocycles. The van der Waals surface area contributed by atoms with E-state index in [1.807, 2.05) is 0 Å². The fourth-order valence-corrected chi connectivity index (χ4v) is 7.79. The van der Waals surface area contributed by atoms with Gasteiger partial charge in [-0.1, -0.05) is 133 Å². The number of furan rings is 1. The predicted octanol–water partition coefficient (Wildman–Crippen LogP) is 12.9. The van der Waals surface area contributed by atoms with Crippen LogP contribution >= 0.6 is 0 Å². The van der Waals surface area contributed by atoms with Crippen molar-refractivity contribution in [3.8, 4) is 16.8 Å². The minimum absolute atomic E-state index is 0.797. The molecule has 0 amide bonds. The number of hydrogen-bond acceptors (Lipinski definition) is 2. The molecule has 2 aromatic heterocycles. The maximum absolute atomic E-state index is 6.50. The number of para-hydroxylation sites is 4. The largest absolute Gasteiger partial charge is 0.459 e. The standard InChI is InChI=1S/C47H32N2O/c1-3-14-33(15-4-1)48(34-28-26-32(27-29-34)35-21-13-22-41-40-20-5-2-6-25-46(40)50-47(35)41)44-30-31-45(39-17-8-7-16-38(39)44)49-42-23-11-9-18-36(42)37-19-10-12-24-43(37)49/h1-24,26-31H,25H2. The average molecular weight is 641 g/mol. The predicted molar refractivity (Wildman–Crippen MR) is 210 cm³/mol. The molecule has 0 radical (unpaired) electrons. The highest BCUT2D eigenvalue weighted by Crippen LogP contribution is 2.43. The Hall–Kier alpha value is -6.58.